The van der Waals surface area contributed by atoms with Crippen LogP contribution in [0.15, 0.2) is 60.7 Å². The van der Waals surface area contributed by atoms with Gasteiger partial charge in [-0.25, -0.2) is 0 Å². The highest BCUT2D eigenvalue weighted by atomic mass is 28.4. The third-order valence-corrected chi connectivity index (χ3v) is 8.96. The molecule has 0 saturated heterocycles. The molecule has 0 spiro atoms. The van der Waals surface area contributed by atoms with Gasteiger partial charge in [0.05, 0.1) is 0 Å². The predicted molar refractivity (Wildman–Crippen MR) is 116 cm³/mol. The van der Waals surface area contributed by atoms with Crippen LogP contribution in [0.3, 0.4) is 0 Å². The molecule has 1 saturated carbocycles. The van der Waals surface area contributed by atoms with Crippen LogP contribution in [0.1, 0.15) is 64.7 Å². The largest absolute Gasteiger partial charge is 0.407 e. The van der Waals surface area contributed by atoms with E-state index in [1.807, 2.05) is 0 Å². The zero-order valence-electron chi connectivity index (χ0n) is 16.7. The van der Waals surface area contributed by atoms with E-state index in [0.717, 1.165) is 25.9 Å². The fourth-order valence-electron chi connectivity index (χ4n) is 3.98. The van der Waals surface area contributed by atoms with Gasteiger partial charge in [0, 0.05) is 12.7 Å². The highest BCUT2D eigenvalue weighted by Crippen LogP contribution is 2.25. The lowest BCUT2D eigenvalue weighted by Gasteiger charge is -2.34. The molecule has 0 N–H and O–H groups in total. The molecule has 0 bridgehead atoms. The molecular weight excluding hydrogens is 348 g/mol. The average Bonchev–Trinajstić information content (AvgIpc) is 3.24. The molecule has 0 aromatic heterocycles. The Hall–Kier alpha value is -1.42. The molecular formula is C24H34O2Si. The monoisotopic (exact) mass is 382 g/mol. The van der Waals surface area contributed by atoms with Crippen LogP contribution in [0.5, 0.6) is 0 Å². The Kier molecular flexibility index (Phi) is 8.12. The van der Waals surface area contributed by atoms with E-state index in [1.165, 1.54) is 48.9 Å². The van der Waals surface area contributed by atoms with E-state index in [-0.39, 0.29) is 0 Å². The van der Waals surface area contributed by atoms with E-state index in [2.05, 4.69) is 67.6 Å². The lowest BCUT2D eigenvalue weighted by atomic mass is 10.2. The van der Waals surface area contributed by atoms with Crippen LogP contribution in [0.4, 0.5) is 0 Å². The lowest BCUT2D eigenvalue weighted by molar-refractivity contribution is 0.133. The fourth-order valence-corrected chi connectivity index (χ4v) is 7.39. The smallest absolute Gasteiger partial charge is 0.388 e. The van der Waals surface area contributed by atoms with Gasteiger partial charge in [-0.2, -0.15) is 0 Å². The molecule has 2 nitrogen and oxygen atoms in total. The van der Waals surface area contributed by atoms with Gasteiger partial charge in [-0.15, -0.1) is 0 Å². The number of benzene rings is 2. The first-order chi connectivity index (χ1) is 13.3. The van der Waals surface area contributed by atoms with Crippen LogP contribution in [0, 0.1) is 0 Å². The van der Waals surface area contributed by atoms with Gasteiger partial charge >= 0.3 is 8.56 Å². The van der Waals surface area contributed by atoms with Gasteiger partial charge in [0.2, 0.25) is 0 Å². The minimum Gasteiger partial charge on any atom is -0.388 e. The van der Waals surface area contributed by atoms with Crippen LogP contribution < -0.4 is 10.4 Å². The summed E-state index contributed by atoms with van der Waals surface area (Å²) in [6.07, 6.45) is 11.4. The molecule has 0 unspecified atom stereocenters. The Balaban J connectivity index is 1.84. The van der Waals surface area contributed by atoms with Crippen LogP contribution in [-0.4, -0.2) is 21.3 Å². The summed E-state index contributed by atoms with van der Waals surface area (Å²) in [5.74, 6) is 0. The Morgan fingerprint density at radius 2 is 1.33 bits per heavy atom. The van der Waals surface area contributed by atoms with Crippen molar-refractivity contribution in [2.75, 3.05) is 6.61 Å². The molecule has 27 heavy (non-hydrogen) atoms. The van der Waals surface area contributed by atoms with Crippen molar-refractivity contribution in [2.45, 2.75) is 70.8 Å². The SMILES string of the molecule is CCCCCCCO[Si](OC1CCCC1)(c1ccccc1)c1ccccc1. The molecule has 3 rings (SSSR count). The van der Waals surface area contributed by atoms with Gasteiger partial charge in [-0.05, 0) is 29.6 Å². The zero-order valence-corrected chi connectivity index (χ0v) is 17.7. The summed E-state index contributed by atoms with van der Waals surface area (Å²) in [6, 6.07) is 21.4. The molecule has 1 fully saturated rings. The second kappa shape index (κ2) is 10.8. The van der Waals surface area contributed by atoms with Gasteiger partial charge in [0.15, 0.2) is 0 Å². The molecule has 0 radical (unpaired) electrons. The van der Waals surface area contributed by atoms with Crippen LogP contribution in [0.25, 0.3) is 0 Å². The van der Waals surface area contributed by atoms with Crippen LogP contribution in [-0.2, 0) is 8.85 Å². The van der Waals surface area contributed by atoms with E-state index in [1.54, 1.807) is 0 Å². The van der Waals surface area contributed by atoms with Crippen molar-refractivity contribution in [3.63, 3.8) is 0 Å². The molecule has 0 heterocycles. The maximum Gasteiger partial charge on any atom is 0.407 e. The summed E-state index contributed by atoms with van der Waals surface area (Å²) in [5.41, 5.74) is 0. The van der Waals surface area contributed by atoms with Crippen molar-refractivity contribution in [3.8, 4) is 0 Å². The second-order valence-electron chi connectivity index (χ2n) is 7.64. The molecule has 2 aromatic rings. The first kappa shape index (κ1) is 20.3. The minimum atomic E-state index is -2.68. The van der Waals surface area contributed by atoms with Crippen molar-refractivity contribution < 1.29 is 8.85 Å². The summed E-state index contributed by atoms with van der Waals surface area (Å²) in [4.78, 5) is 0. The Morgan fingerprint density at radius 1 is 0.778 bits per heavy atom. The quantitative estimate of drug-likeness (QED) is 0.393. The molecule has 3 heteroatoms. The van der Waals surface area contributed by atoms with Crippen LogP contribution >= 0.6 is 0 Å². The summed E-state index contributed by atoms with van der Waals surface area (Å²) in [5, 5.41) is 2.47. The highest BCUT2D eigenvalue weighted by Gasteiger charge is 2.45. The van der Waals surface area contributed by atoms with E-state index < -0.39 is 8.56 Å². The summed E-state index contributed by atoms with van der Waals surface area (Å²) >= 11 is 0. The Bertz CT molecular complexity index is 598. The van der Waals surface area contributed by atoms with Crippen molar-refractivity contribution in [2.24, 2.45) is 0 Å². The topological polar surface area (TPSA) is 18.5 Å². The number of unbranched alkanes of at least 4 members (excludes halogenated alkanes) is 4. The molecule has 1 aliphatic rings. The predicted octanol–water partition coefficient (Wildman–Crippen LogP) is 5.19. The van der Waals surface area contributed by atoms with Gasteiger partial charge < -0.3 is 8.85 Å². The highest BCUT2D eigenvalue weighted by molar-refractivity contribution is 6.92. The van der Waals surface area contributed by atoms with E-state index in [0.29, 0.717) is 6.10 Å². The average molecular weight is 383 g/mol. The fraction of sp³-hybridized carbons (Fsp3) is 0.500. The Morgan fingerprint density at radius 3 is 1.89 bits per heavy atom. The zero-order chi connectivity index (χ0) is 18.8. The normalized spacial score (nSPS) is 15.3. The molecule has 146 valence electrons. The molecule has 0 aliphatic heterocycles. The van der Waals surface area contributed by atoms with E-state index in [4.69, 9.17) is 8.85 Å². The first-order valence-corrected chi connectivity index (χ1v) is 12.6. The molecule has 0 amide bonds. The third-order valence-electron chi connectivity index (χ3n) is 5.50. The van der Waals surface area contributed by atoms with Gasteiger partial charge in [0.25, 0.3) is 0 Å². The summed E-state index contributed by atoms with van der Waals surface area (Å²) < 4.78 is 13.7. The summed E-state index contributed by atoms with van der Waals surface area (Å²) in [6.45, 7) is 3.04. The van der Waals surface area contributed by atoms with Gasteiger partial charge in [-0.3, -0.25) is 0 Å². The van der Waals surface area contributed by atoms with Crippen molar-refractivity contribution in [1.82, 2.24) is 0 Å². The van der Waals surface area contributed by atoms with Crippen LogP contribution in [0.2, 0.25) is 0 Å². The maximum atomic E-state index is 6.92. The van der Waals surface area contributed by atoms with Crippen molar-refractivity contribution in [3.05, 3.63) is 60.7 Å². The van der Waals surface area contributed by atoms with E-state index >= 15 is 0 Å². The minimum absolute atomic E-state index is 0.331. The lowest BCUT2D eigenvalue weighted by Crippen LogP contribution is -2.64. The van der Waals surface area contributed by atoms with Gasteiger partial charge in [-0.1, -0.05) is 106 Å². The first-order valence-electron chi connectivity index (χ1n) is 10.8. The summed E-state index contributed by atoms with van der Waals surface area (Å²) in [7, 11) is -2.68. The molecule has 1 aliphatic carbocycles. The number of rotatable bonds is 11. The maximum absolute atomic E-state index is 6.92. The van der Waals surface area contributed by atoms with E-state index in [9.17, 15) is 0 Å². The second-order valence-corrected chi connectivity index (χ2v) is 10.5. The third kappa shape index (κ3) is 5.53. The van der Waals surface area contributed by atoms with Crippen molar-refractivity contribution in [1.29, 1.82) is 0 Å². The standard InChI is InChI=1S/C24H34O2Si/c1-2-3-4-5-14-21-25-27(23-17-8-6-9-18-23,24-19-10-7-11-20-24)26-22-15-12-13-16-22/h6-11,17-20,22H,2-5,12-16,21H2,1H3. The number of hydrogen-bond donors (Lipinski definition) is 0. The molecule has 2 aromatic carbocycles. The molecule has 0 atom stereocenters. The van der Waals surface area contributed by atoms with Crippen molar-refractivity contribution >= 4 is 18.9 Å². The van der Waals surface area contributed by atoms with Gasteiger partial charge in [0.1, 0.15) is 0 Å². The number of hydrogen-bond acceptors (Lipinski definition) is 2. The Labute approximate surface area is 166 Å².